The number of fused-ring (bicyclic) bond motifs is 2. The summed E-state index contributed by atoms with van der Waals surface area (Å²) in [6.45, 7) is 1.77. The Labute approximate surface area is 187 Å². The Morgan fingerprint density at radius 1 is 0.938 bits per heavy atom. The van der Waals surface area contributed by atoms with Crippen LogP contribution in [0.15, 0.2) is 10.9 Å². The Morgan fingerprint density at radius 3 is 2.47 bits per heavy atom. The molecule has 2 aliphatic carbocycles. The lowest BCUT2D eigenvalue weighted by Crippen LogP contribution is -2.41. The normalized spacial score (nSPS) is 24.2. The molecule has 2 aromatic heterocycles. The third kappa shape index (κ3) is 3.35. The van der Waals surface area contributed by atoms with Crippen molar-refractivity contribution in [2.45, 2.75) is 76.8 Å². The number of carbonyl (C=O) groups is 2. The number of hydrogen-bond acceptors (Lipinski definition) is 4. The number of nitrogens with zero attached hydrogens (tertiary/aromatic N) is 4. The van der Waals surface area contributed by atoms with Crippen molar-refractivity contribution in [3.63, 3.8) is 0 Å². The monoisotopic (exact) mass is 437 g/mol. The number of H-pyrrole nitrogens is 1. The van der Waals surface area contributed by atoms with Crippen LogP contribution in [0, 0.1) is 11.8 Å². The molecule has 170 valence electrons. The van der Waals surface area contributed by atoms with Gasteiger partial charge in [-0.2, -0.15) is 0 Å². The van der Waals surface area contributed by atoms with Crippen molar-refractivity contribution >= 4 is 17.5 Å². The molecule has 4 heterocycles. The van der Waals surface area contributed by atoms with Gasteiger partial charge in [-0.1, -0.05) is 12.8 Å². The van der Waals surface area contributed by atoms with Crippen molar-refractivity contribution in [3.05, 3.63) is 33.4 Å². The van der Waals surface area contributed by atoms with E-state index in [0.29, 0.717) is 30.7 Å². The van der Waals surface area contributed by atoms with Crippen LogP contribution < -0.4 is 5.56 Å². The number of nitrogens with one attached hydrogen (secondary N) is 1. The van der Waals surface area contributed by atoms with Gasteiger partial charge in [0.2, 0.25) is 11.8 Å². The quantitative estimate of drug-likeness (QED) is 0.799. The first-order chi connectivity index (χ1) is 15.6. The zero-order valence-corrected chi connectivity index (χ0v) is 18.5. The van der Waals surface area contributed by atoms with Gasteiger partial charge in [0.15, 0.2) is 5.65 Å². The van der Waals surface area contributed by atoms with Crippen molar-refractivity contribution in [3.8, 4) is 0 Å². The minimum Gasteiger partial charge on any atom is -0.337 e. The Bertz CT molecular complexity index is 1120. The fraction of sp³-hybridized carbons (Fsp3) is 0.667. The fourth-order valence-electron chi connectivity index (χ4n) is 5.87. The number of aromatic nitrogens is 3. The van der Waals surface area contributed by atoms with Gasteiger partial charge in [-0.05, 0) is 44.9 Å². The minimum absolute atomic E-state index is 0.0251. The molecule has 4 aliphatic rings. The number of rotatable bonds is 3. The summed E-state index contributed by atoms with van der Waals surface area (Å²) in [4.78, 5) is 47.7. The van der Waals surface area contributed by atoms with Crippen molar-refractivity contribution < 1.29 is 9.59 Å². The molecule has 8 heteroatoms. The van der Waals surface area contributed by atoms with Crippen LogP contribution in [-0.4, -0.2) is 49.3 Å². The van der Waals surface area contributed by atoms with Crippen molar-refractivity contribution in [2.24, 2.45) is 11.8 Å². The highest BCUT2D eigenvalue weighted by atomic mass is 16.2. The van der Waals surface area contributed by atoms with E-state index in [4.69, 9.17) is 4.98 Å². The maximum absolute atomic E-state index is 13.3. The van der Waals surface area contributed by atoms with Gasteiger partial charge in [-0.3, -0.25) is 19.5 Å². The molecule has 0 aromatic carbocycles. The maximum atomic E-state index is 13.3. The number of piperidine rings is 1. The van der Waals surface area contributed by atoms with Crippen LogP contribution in [0.1, 0.15) is 80.8 Å². The Kier molecular flexibility index (Phi) is 4.84. The summed E-state index contributed by atoms with van der Waals surface area (Å²) in [7, 11) is 0. The predicted molar refractivity (Wildman–Crippen MR) is 118 cm³/mol. The summed E-state index contributed by atoms with van der Waals surface area (Å²) >= 11 is 0. The molecule has 2 aliphatic heterocycles. The van der Waals surface area contributed by atoms with Gasteiger partial charge in [0.1, 0.15) is 0 Å². The molecule has 2 saturated carbocycles. The first kappa shape index (κ1) is 20.0. The molecule has 6 rings (SSSR count). The lowest BCUT2D eigenvalue weighted by atomic mass is 9.96. The first-order valence-corrected chi connectivity index (χ1v) is 12.3. The topological polar surface area (TPSA) is 90.8 Å². The smallest absolute Gasteiger partial charge is 0.277 e. The molecule has 3 fully saturated rings. The Morgan fingerprint density at radius 2 is 1.69 bits per heavy atom. The van der Waals surface area contributed by atoms with E-state index in [0.717, 1.165) is 75.7 Å². The average molecular weight is 438 g/mol. The van der Waals surface area contributed by atoms with Gasteiger partial charge in [0, 0.05) is 37.4 Å². The minimum atomic E-state index is -0.117. The third-order valence-corrected chi connectivity index (χ3v) is 7.87. The number of carbonyl (C=O) groups excluding carboxylic acids is 2. The van der Waals surface area contributed by atoms with Crippen molar-refractivity contribution in [1.29, 1.82) is 0 Å². The zero-order valence-electron chi connectivity index (χ0n) is 18.5. The molecule has 0 radical (unpaired) electrons. The molecular weight excluding hydrogens is 406 g/mol. The van der Waals surface area contributed by atoms with Gasteiger partial charge in [-0.25, -0.2) is 9.50 Å². The second-order valence-corrected chi connectivity index (χ2v) is 10.1. The molecule has 1 saturated heterocycles. The van der Waals surface area contributed by atoms with Crippen LogP contribution in [0.2, 0.25) is 0 Å². The van der Waals surface area contributed by atoms with Crippen LogP contribution >= 0.6 is 0 Å². The van der Waals surface area contributed by atoms with E-state index in [1.165, 1.54) is 4.52 Å². The first-order valence-electron chi connectivity index (χ1n) is 12.3. The van der Waals surface area contributed by atoms with Crippen LogP contribution in [0.4, 0.5) is 0 Å². The van der Waals surface area contributed by atoms with E-state index in [9.17, 15) is 14.4 Å². The third-order valence-electron chi connectivity index (χ3n) is 7.87. The molecule has 0 bridgehead atoms. The van der Waals surface area contributed by atoms with Gasteiger partial charge >= 0.3 is 0 Å². The van der Waals surface area contributed by atoms with E-state index in [1.807, 2.05) is 15.9 Å². The van der Waals surface area contributed by atoms with Crippen LogP contribution in [-0.2, 0) is 22.6 Å². The molecule has 8 nitrogen and oxygen atoms in total. The largest absolute Gasteiger partial charge is 0.337 e. The SMILES string of the molecule is O=C(C1CC1)N1CCc2nc3cc([C@H]4CCCCN4C(=O)C4CCCC4)[nH]n3c(=O)c2C1. The molecule has 0 spiro atoms. The average Bonchev–Trinajstić information content (AvgIpc) is 3.35. The van der Waals surface area contributed by atoms with Gasteiger partial charge < -0.3 is 9.80 Å². The van der Waals surface area contributed by atoms with Crippen LogP contribution in [0.3, 0.4) is 0 Å². The molecule has 32 heavy (non-hydrogen) atoms. The lowest BCUT2D eigenvalue weighted by molar-refractivity contribution is -0.139. The van der Waals surface area contributed by atoms with E-state index < -0.39 is 0 Å². The van der Waals surface area contributed by atoms with E-state index in [-0.39, 0.29) is 35.3 Å². The van der Waals surface area contributed by atoms with Crippen molar-refractivity contribution in [2.75, 3.05) is 13.1 Å². The second-order valence-electron chi connectivity index (χ2n) is 10.1. The predicted octanol–water partition coefficient (Wildman–Crippen LogP) is 2.56. The highest BCUT2D eigenvalue weighted by Crippen LogP contribution is 2.35. The van der Waals surface area contributed by atoms with E-state index in [2.05, 4.69) is 5.10 Å². The molecule has 1 atom stereocenters. The summed E-state index contributed by atoms with van der Waals surface area (Å²) < 4.78 is 1.52. The van der Waals surface area contributed by atoms with Gasteiger partial charge in [0.25, 0.3) is 5.56 Å². The molecular formula is C24H31N5O3. The molecule has 2 amide bonds. The standard InChI is InChI=1S/C24H31N5O3/c30-22(16-8-9-16)27-12-10-18-17(14-27)24(32)29-21(25-18)13-19(26-29)20-7-3-4-11-28(20)23(31)15-5-1-2-6-15/h13,15-16,20,26H,1-12,14H2/t20-/m1/s1. The number of hydrogen-bond donors (Lipinski definition) is 1. The Hall–Kier alpha value is -2.64. The molecule has 2 aromatic rings. The highest BCUT2D eigenvalue weighted by molar-refractivity contribution is 5.81. The van der Waals surface area contributed by atoms with E-state index in [1.54, 1.807) is 0 Å². The summed E-state index contributed by atoms with van der Waals surface area (Å²) in [5.74, 6) is 0.765. The van der Waals surface area contributed by atoms with E-state index >= 15 is 0 Å². The van der Waals surface area contributed by atoms with Gasteiger partial charge in [-0.15, -0.1) is 0 Å². The Balaban J connectivity index is 1.32. The highest BCUT2D eigenvalue weighted by Gasteiger charge is 2.37. The van der Waals surface area contributed by atoms with Crippen LogP contribution in [0.5, 0.6) is 0 Å². The number of likely N-dealkylation sites (tertiary alicyclic amines) is 1. The molecule has 0 unspecified atom stereocenters. The zero-order chi connectivity index (χ0) is 21.8. The fourth-order valence-corrected chi connectivity index (χ4v) is 5.87. The summed E-state index contributed by atoms with van der Waals surface area (Å²) in [5.41, 5.74) is 2.83. The van der Waals surface area contributed by atoms with Crippen LogP contribution in [0.25, 0.3) is 5.65 Å². The maximum Gasteiger partial charge on any atom is 0.277 e. The lowest BCUT2D eigenvalue weighted by Gasteiger charge is -2.36. The summed E-state index contributed by atoms with van der Waals surface area (Å²) in [5, 5.41) is 3.28. The number of aromatic amines is 1. The van der Waals surface area contributed by atoms with Gasteiger partial charge in [0.05, 0.1) is 29.5 Å². The van der Waals surface area contributed by atoms with Crippen molar-refractivity contribution in [1.82, 2.24) is 24.4 Å². The summed E-state index contributed by atoms with van der Waals surface area (Å²) in [6.07, 6.45) is 9.86. The molecule has 1 N–H and O–H groups in total. The second kappa shape index (κ2) is 7.74. The summed E-state index contributed by atoms with van der Waals surface area (Å²) in [6, 6.07) is 1.93. The number of amides is 2.